The van der Waals surface area contributed by atoms with Crippen molar-refractivity contribution in [2.24, 2.45) is 5.41 Å². The average Bonchev–Trinajstić information content (AvgIpc) is 3.24. The van der Waals surface area contributed by atoms with E-state index in [1.807, 2.05) is 0 Å². The quantitative estimate of drug-likeness (QED) is 0.831. The maximum absolute atomic E-state index is 12.2. The Morgan fingerprint density at radius 1 is 1.21 bits per heavy atom. The van der Waals surface area contributed by atoms with Gasteiger partial charge in [0.2, 0.25) is 11.8 Å². The first-order valence-corrected chi connectivity index (χ1v) is 6.86. The molecule has 0 spiro atoms. The molecule has 2 amide bonds. The van der Waals surface area contributed by atoms with Gasteiger partial charge in [-0.2, -0.15) is 0 Å². The van der Waals surface area contributed by atoms with Gasteiger partial charge in [0.1, 0.15) is 5.41 Å². The molecular formula is C14H15ClN2O2. The third kappa shape index (κ3) is 2.59. The van der Waals surface area contributed by atoms with Gasteiger partial charge in [-0.05, 0) is 43.9 Å². The molecule has 2 aliphatic carbocycles. The fourth-order valence-electron chi connectivity index (χ4n) is 2.05. The number of benzene rings is 1. The highest BCUT2D eigenvalue weighted by atomic mass is 35.5. The van der Waals surface area contributed by atoms with Crippen LogP contribution in [0.15, 0.2) is 24.3 Å². The van der Waals surface area contributed by atoms with Crippen molar-refractivity contribution in [3.05, 3.63) is 29.3 Å². The van der Waals surface area contributed by atoms with Crippen LogP contribution in [-0.2, 0) is 9.59 Å². The molecule has 0 radical (unpaired) electrons. The summed E-state index contributed by atoms with van der Waals surface area (Å²) < 4.78 is 0. The number of rotatable bonds is 4. The summed E-state index contributed by atoms with van der Waals surface area (Å²) in [6, 6.07) is 7.22. The Hall–Kier alpha value is -1.55. The average molecular weight is 279 g/mol. The number of carbonyl (C=O) groups excluding carboxylic acids is 2. The van der Waals surface area contributed by atoms with Crippen LogP contribution in [0, 0.1) is 5.41 Å². The molecule has 1 aromatic rings. The van der Waals surface area contributed by atoms with E-state index in [0.29, 0.717) is 23.6 Å². The van der Waals surface area contributed by atoms with Crippen LogP contribution in [-0.4, -0.2) is 17.9 Å². The molecule has 0 unspecified atom stereocenters. The second kappa shape index (κ2) is 4.53. The summed E-state index contributed by atoms with van der Waals surface area (Å²) in [6.07, 6.45) is 3.30. The monoisotopic (exact) mass is 278 g/mol. The van der Waals surface area contributed by atoms with Crippen LogP contribution in [0.5, 0.6) is 0 Å². The summed E-state index contributed by atoms with van der Waals surface area (Å²) in [6.45, 7) is 0. The molecule has 19 heavy (non-hydrogen) atoms. The second-order valence-electron chi connectivity index (χ2n) is 5.29. The van der Waals surface area contributed by atoms with Crippen molar-refractivity contribution >= 4 is 29.1 Å². The summed E-state index contributed by atoms with van der Waals surface area (Å²) in [5.74, 6) is -0.359. The van der Waals surface area contributed by atoms with Gasteiger partial charge in [0.05, 0.1) is 0 Å². The smallest absolute Gasteiger partial charge is 0.240 e. The van der Waals surface area contributed by atoms with Gasteiger partial charge in [-0.25, -0.2) is 0 Å². The van der Waals surface area contributed by atoms with Crippen LogP contribution in [0.1, 0.15) is 25.7 Å². The van der Waals surface area contributed by atoms with Crippen molar-refractivity contribution in [1.29, 1.82) is 0 Å². The van der Waals surface area contributed by atoms with E-state index in [2.05, 4.69) is 10.6 Å². The molecule has 2 N–H and O–H groups in total. The zero-order valence-electron chi connectivity index (χ0n) is 10.4. The first kappa shape index (κ1) is 12.5. The highest BCUT2D eigenvalue weighted by molar-refractivity contribution is 6.31. The minimum Gasteiger partial charge on any atom is -0.352 e. The van der Waals surface area contributed by atoms with E-state index in [9.17, 15) is 9.59 Å². The van der Waals surface area contributed by atoms with Gasteiger partial charge < -0.3 is 10.6 Å². The molecule has 100 valence electrons. The third-order valence-electron chi connectivity index (χ3n) is 3.61. The number of hydrogen-bond donors (Lipinski definition) is 2. The minimum absolute atomic E-state index is 0.130. The normalized spacial score (nSPS) is 19.6. The second-order valence-corrected chi connectivity index (χ2v) is 5.73. The molecule has 1 aromatic carbocycles. The maximum Gasteiger partial charge on any atom is 0.240 e. The molecular weight excluding hydrogens is 264 g/mol. The summed E-state index contributed by atoms with van der Waals surface area (Å²) in [7, 11) is 0. The van der Waals surface area contributed by atoms with Gasteiger partial charge >= 0.3 is 0 Å². The van der Waals surface area contributed by atoms with Crippen molar-refractivity contribution < 1.29 is 9.59 Å². The van der Waals surface area contributed by atoms with Crippen molar-refractivity contribution in [2.45, 2.75) is 31.7 Å². The third-order valence-corrected chi connectivity index (χ3v) is 3.85. The van der Waals surface area contributed by atoms with E-state index >= 15 is 0 Å². The Morgan fingerprint density at radius 2 is 1.95 bits per heavy atom. The molecule has 0 heterocycles. The zero-order valence-corrected chi connectivity index (χ0v) is 11.2. The number of nitrogens with one attached hydrogen (secondary N) is 2. The van der Waals surface area contributed by atoms with E-state index in [0.717, 1.165) is 12.8 Å². The van der Waals surface area contributed by atoms with Gasteiger partial charge in [-0.3, -0.25) is 9.59 Å². The van der Waals surface area contributed by atoms with Crippen LogP contribution in [0.2, 0.25) is 5.02 Å². The van der Waals surface area contributed by atoms with Gasteiger partial charge in [0.25, 0.3) is 0 Å². The Morgan fingerprint density at radius 3 is 2.53 bits per heavy atom. The molecule has 3 rings (SSSR count). The molecule has 0 saturated heterocycles. The van der Waals surface area contributed by atoms with Gasteiger partial charge in [0.15, 0.2) is 0 Å². The molecule has 0 bridgehead atoms. The van der Waals surface area contributed by atoms with Gasteiger partial charge in [-0.15, -0.1) is 0 Å². The van der Waals surface area contributed by atoms with E-state index < -0.39 is 5.41 Å². The van der Waals surface area contributed by atoms with Crippen molar-refractivity contribution in [3.63, 3.8) is 0 Å². The molecule has 4 nitrogen and oxygen atoms in total. The lowest BCUT2D eigenvalue weighted by Gasteiger charge is -2.15. The molecule has 0 aromatic heterocycles. The van der Waals surface area contributed by atoms with Crippen LogP contribution in [0.4, 0.5) is 5.69 Å². The first-order chi connectivity index (χ1) is 9.10. The van der Waals surface area contributed by atoms with Crippen LogP contribution in [0.3, 0.4) is 0 Å². The lowest BCUT2D eigenvalue weighted by molar-refractivity contribution is -0.134. The Bertz CT molecular complexity index is 536. The number of halogens is 1. The van der Waals surface area contributed by atoms with Crippen LogP contribution >= 0.6 is 11.6 Å². The molecule has 0 aliphatic heterocycles. The summed E-state index contributed by atoms with van der Waals surface area (Å²) >= 11 is 5.87. The summed E-state index contributed by atoms with van der Waals surface area (Å²) in [4.78, 5) is 24.3. The van der Waals surface area contributed by atoms with Gasteiger partial charge in [-0.1, -0.05) is 17.7 Å². The maximum atomic E-state index is 12.2. The van der Waals surface area contributed by atoms with Crippen molar-refractivity contribution in [3.8, 4) is 0 Å². The Balaban J connectivity index is 1.67. The number of carbonyl (C=O) groups is 2. The topological polar surface area (TPSA) is 58.2 Å². The number of hydrogen-bond acceptors (Lipinski definition) is 2. The Labute approximate surface area is 116 Å². The first-order valence-electron chi connectivity index (χ1n) is 6.48. The zero-order chi connectivity index (χ0) is 13.5. The molecule has 2 aliphatic rings. The molecule has 2 saturated carbocycles. The number of anilines is 1. The minimum atomic E-state index is -0.856. The van der Waals surface area contributed by atoms with Crippen molar-refractivity contribution in [1.82, 2.24) is 5.32 Å². The van der Waals surface area contributed by atoms with Crippen LogP contribution < -0.4 is 10.6 Å². The van der Waals surface area contributed by atoms with E-state index in [1.165, 1.54) is 0 Å². The highest BCUT2D eigenvalue weighted by Gasteiger charge is 2.57. The van der Waals surface area contributed by atoms with Crippen LogP contribution in [0.25, 0.3) is 0 Å². The predicted molar refractivity (Wildman–Crippen MR) is 72.9 cm³/mol. The Kier molecular flexibility index (Phi) is 2.97. The highest BCUT2D eigenvalue weighted by Crippen LogP contribution is 2.47. The van der Waals surface area contributed by atoms with E-state index in [4.69, 9.17) is 11.6 Å². The molecule has 0 atom stereocenters. The fraction of sp³-hybridized carbons (Fsp3) is 0.429. The summed E-state index contributed by atoms with van der Waals surface area (Å²) in [5.41, 5.74) is -0.228. The van der Waals surface area contributed by atoms with E-state index in [-0.39, 0.29) is 17.9 Å². The molecule has 2 fully saturated rings. The lowest BCUT2D eigenvalue weighted by atomic mass is 10.0. The predicted octanol–water partition coefficient (Wildman–Crippen LogP) is 2.34. The number of amides is 2. The standard InChI is InChI=1S/C14H15ClN2O2/c15-9-2-1-3-11(8-9)17-13(19)14(6-7-14)12(18)16-10-4-5-10/h1-3,8,10H,4-7H2,(H,16,18)(H,17,19). The van der Waals surface area contributed by atoms with E-state index in [1.54, 1.807) is 24.3 Å². The fourth-order valence-corrected chi connectivity index (χ4v) is 2.24. The summed E-state index contributed by atoms with van der Waals surface area (Å²) in [5, 5.41) is 6.24. The van der Waals surface area contributed by atoms with Gasteiger partial charge in [0, 0.05) is 16.8 Å². The molecule has 5 heteroatoms. The lowest BCUT2D eigenvalue weighted by Crippen LogP contribution is -2.40. The largest absolute Gasteiger partial charge is 0.352 e. The van der Waals surface area contributed by atoms with Crippen molar-refractivity contribution in [2.75, 3.05) is 5.32 Å². The SMILES string of the molecule is O=C(Nc1cccc(Cl)c1)C1(C(=O)NC2CC2)CC1.